The Morgan fingerprint density at radius 1 is 0.968 bits per heavy atom. The Balaban J connectivity index is 0.00000171. The third-order valence-electron chi connectivity index (χ3n) is 7.28. The fourth-order valence-corrected chi connectivity index (χ4v) is 5.84. The predicted octanol–water partition coefficient (Wildman–Crippen LogP) is 3.87. The van der Waals surface area contributed by atoms with Gasteiger partial charge in [0.05, 0.1) is 17.5 Å². The number of carbonyl (C=O) groups excluding carboxylic acids is 2. The van der Waals surface area contributed by atoms with Gasteiger partial charge >= 0.3 is 0 Å². The maximum Gasteiger partial charge on any atom is 0.239 e. The van der Waals surface area contributed by atoms with Crippen LogP contribution in [0.15, 0.2) is 42.0 Å². The van der Waals surface area contributed by atoms with Crippen molar-refractivity contribution in [3.05, 3.63) is 42.0 Å². The van der Waals surface area contributed by atoms with Gasteiger partial charge in [-0.25, -0.2) is 4.90 Å². The molecule has 1 aromatic carbocycles. The summed E-state index contributed by atoms with van der Waals surface area (Å²) in [4.78, 5) is 33.4. The maximum absolute atomic E-state index is 13.5. The van der Waals surface area contributed by atoms with E-state index in [1.165, 1.54) is 10.5 Å². The number of carbonyl (C=O) groups is 2. The smallest absolute Gasteiger partial charge is 0.239 e. The fourth-order valence-electron chi connectivity index (χ4n) is 5.84. The van der Waals surface area contributed by atoms with E-state index in [9.17, 15) is 9.59 Å². The van der Waals surface area contributed by atoms with E-state index in [1.54, 1.807) is 0 Å². The zero-order chi connectivity index (χ0) is 20.7. The van der Waals surface area contributed by atoms with E-state index in [4.69, 9.17) is 0 Å². The molecule has 172 valence electrons. The van der Waals surface area contributed by atoms with Crippen LogP contribution in [0.25, 0.3) is 0 Å². The van der Waals surface area contributed by atoms with Gasteiger partial charge in [-0.15, -0.1) is 24.8 Å². The lowest BCUT2D eigenvalue weighted by Crippen LogP contribution is -2.47. The quantitative estimate of drug-likeness (QED) is 0.470. The van der Waals surface area contributed by atoms with E-state index < -0.39 is 0 Å². The Hall–Kier alpha value is -1.40. The lowest BCUT2D eigenvalue weighted by Gasteiger charge is -2.36. The number of benzene rings is 1. The predicted molar refractivity (Wildman–Crippen MR) is 130 cm³/mol. The van der Waals surface area contributed by atoms with Crippen LogP contribution in [-0.4, -0.2) is 60.4 Å². The Morgan fingerprint density at radius 2 is 1.58 bits per heavy atom. The van der Waals surface area contributed by atoms with Crippen molar-refractivity contribution in [3.8, 4) is 0 Å². The van der Waals surface area contributed by atoms with Gasteiger partial charge in [0.25, 0.3) is 0 Å². The molecule has 2 fully saturated rings. The molecule has 1 aromatic rings. The summed E-state index contributed by atoms with van der Waals surface area (Å²) in [6, 6.07) is 9.44. The largest absolute Gasteiger partial charge is 0.303 e. The van der Waals surface area contributed by atoms with E-state index in [0.717, 1.165) is 32.7 Å². The summed E-state index contributed by atoms with van der Waals surface area (Å²) in [6.45, 7) is 13.7. The van der Waals surface area contributed by atoms with Crippen LogP contribution >= 0.6 is 24.8 Å². The number of allylic oxidation sites excluding steroid dienone is 1. The molecule has 0 aromatic heterocycles. The number of amides is 2. The van der Waals surface area contributed by atoms with Crippen LogP contribution in [-0.2, 0) is 9.59 Å². The van der Waals surface area contributed by atoms with Crippen LogP contribution in [0.1, 0.15) is 27.7 Å². The topological polar surface area (TPSA) is 43.9 Å². The van der Waals surface area contributed by atoms with Crippen LogP contribution in [0.4, 0.5) is 5.69 Å². The summed E-state index contributed by atoms with van der Waals surface area (Å²) in [5.74, 6) is -0.0162. The molecule has 3 heterocycles. The van der Waals surface area contributed by atoms with Gasteiger partial charge in [-0.05, 0) is 44.0 Å². The molecule has 0 N–H and O–H groups in total. The molecule has 7 heteroatoms. The van der Waals surface area contributed by atoms with Crippen LogP contribution in [0.5, 0.6) is 0 Å². The second-order valence-corrected chi connectivity index (χ2v) is 8.83. The summed E-state index contributed by atoms with van der Waals surface area (Å²) in [6.07, 6.45) is 2.29. The van der Waals surface area contributed by atoms with Gasteiger partial charge in [0.15, 0.2) is 0 Å². The van der Waals surface area contributed by atoms with Gasteiger partial charge in [0.2, 0.25) is 11.8 Å². The van der Waals surface area contributed by atoms with Crippen molar-refractivity contribution in [2.24, 2.45) is 23.7 Å². The first kappa shape index (κ1) is 25.9. The van der Waals surface area contributed by atoms with Crippen LogP contribution < -0.4 is 4.90 Å². The van der Waals surface area contributed by atoms with Crippen molar-refractivity contribution in [1.82, 2.24) is 9.80 Å². The van der Waals surface area contributed by atoms with Gasteiger partial charge in [-0.3, -0.25) is 14.5 Å². The van der Waals surface area contributed by atoms with Crippen LogP contribution in [0, 0.1) is 23.7 Å². The summed E-state index contributed by atoms with van der Waals surface area (Å²) < 4.78 is 0. The highest BCUT2D eigenvalue weighted by Crippen LogP contribution is 2.49. The normalized spacial score (nSPS) is 29.9. The summed E-state index contributed by atoms with van der Waals surface area (Å²) in [5, 5.41) is 0. The van der Waals surface area contributed by atoms with Gasteiger partial charge in [-0.1, -0.05) is 50.6 Å². The van der Waals surface area contributed by atoms with E-state index in [-0.39, 0.29) is 60.4 Å². The van der Waals surface area contributed by atoms with Gasteiger partial charge in [-0.2, -0.15) is 0 Å². The molecule has 2 amide bonds. The molecule has 5 atom stereocenters. The molecular formula is C24H35Cl2N3O2. The van der Waals surface area contributed by atoms with Gasteiger partial charge in [0, 0.05) is 25.7 Å². The molecule has 5 unspecified atom stereocenters. The molecule has 3 aliphatic heterocycles. The Labute approximate surface area is 198 Å². The standard InChI is InChI=1S/C24H33N3O2.2ClH/c1-5-25(6-2)12-13-26-15-17(4)20-16(3)14-19(26)21-22(20)24(29)27(23(21)28)18-10-8-7-9-11-18;;/h7-11,14,17,19-22H,5-6,12-13,15H2,1-4H3;2*1H. The minimum absolute atomic E-state index is 0. The Kier molecular flexibility index (Phi) is 8.74. The highest BCUT2D eigenvalue weighted by Gasteiger charge is 2.59. The molecule has 2 saturated heterocycles. The Bertz CT molecular complexity index is 812. The molecule has 5 nitrogen and oxygen atoms in total. The summed E-state index contributed by atoms with van der Waals surface area (Å²) >= 11 is 0. The average Bonchev–Trinajstić information content (AvgIpc) is 2.83. The second-order valence-electron chi connectivity index (χ2n) is 8.83. The first-order valence-corrected chi connectivity index (χ1v) is 11.1. The highest BCUT2D eigenvalue weighted by atomic mass is 35.5. The lowest BCUT2D eigenvalue weighted by molar-refractivity contribution is -0.123. The highest BCUT2D eigenvalue weighted by molar-refractivity contribution is 6.22. The molecule has 31 heavy (non-hydrogen) atoms. The number of hydrogen-bond acceptors (Lipinski definition) is 4. The summed E-state index contributed by atoms with van der Waals surface area (Å²) in [7, 11) is 0. The molecule has 5 rings (SSSR count). The number of para-hydroxylation sites is 1. The number of likely N-dealkylation sites (N-methyl/N-ethyl adjacent to an activating group) is 1. The number of halogens is 2. The van der Waals surface area contributed by atoms with Crippen molar-refractivity contribution < 1.29 is 9.59 Å². The van der Waals surface area contributed by atoms with Crippen molar-refractivity contribution in [2.75, 3.05) is 37.6 Å². The Morgan fingerprint density at radius 3 is 2.19 bits per heavy atom. The van der Waals surface area contributed by atoms with Gasteiger partial charge < -0.3 is 4.90 Å². The van der Waals surface area contributed by atoms with Crippen molar-refractivity contribution in [3.63, 3.8) is 0 Å². The molecule has 0 radical (unpaired) electrons. The minimum Gasteiger partial charge on any atom is -0.303 e. The third kappa shape index (κ3) is 4.43. The first-order valence-electron chi connectivity index (χ1n) is 11.1. The molecule has 1 aliphatic carbocycles. The van der Waals surface area contributed by atoms with E-state index in [1.807, 2.05) is 30.3 Å². The van der Waals surface area contributed by atoms with Crippen LogP contribution in [0.3, 0.4) is 0 Å². The monoisotopic (exact) mass is 467 g/mol. The summed E-state index contributed by atoms with van der Waals surface area (Å²) in [5.41, 5.74) is 1.99. The maximum atomic E-state index is 13.5. The second kappa shape index (κ2) is 10.5. The average molecular weight is 468 g/mol. The van der Waals surface area contributed by atoms with E-state index in [2.05, 4.69) is 43.6 Å². The van der Waals surface area contributed by atoms with Crippen molar-refractivity contribution in [1.29, 1.82) is 0 Å². The third-order valence-corrected chi connectivity index (χ3v) is 7.28. The lowest BCUT2D eigenvalue weighted by atomic mass is 9.68. The molecule has 4 aliphatic rings. The number of imide groups is 1. The number of fused-ring (bicyclic) bond motifs is 2. The molecule has 0 saturated carbocycles. The fraction of sp³-hybridized carbons (Fsp3) is 0.583. The van der Waals surface area contributed by atoms with E-state index in [0.29, 0.717) is 11.6 Å². The van der Waals surface area contributed by atoms with Gasteiger partial charge in [0.1, 0.15) is 0 Å². The zero-order valence-electron chi connectivity index (χ0n) is 18.9. The number of nitrogens with zero attached hydrogens (tertiary/aromatic N) is 3. The number of rotatable bonds is 6. The minimum atomic E-state index is -0.266. The number of anilines is 1. The molecular weight excluding hydrogens is 433 g/mol. The first-order chi connectivity index (χ1) is 14.0. The van der Waals surface area contributed by atoms with Crippen molar-refractivity contribution in [2.45, 2.75) is 33.7 Å². The van der Waals surface area contributed by atoms with E-state index >= 15 is 0 Å². The molecule has 0 spiro atoms. The zero-order valence-corrected chi connectivity index (χ0v) is 20.5. The van der Waals surface area contributed by atoms with Crippen LogP contribution in [0.2, 0.25) is 0 Å². The molecule has 2 bridgehead atoms. The van der Waals surface area contributed by atoms with Crippen molar-refractivity contribution >= 4 is 42.3 Å². The number of hydrogen-bond donors (Lipinski definition) is 0. The SMILES string of the molecule is CCN(CC)CCN1CC(C)C2C(C)=CC1C1C(=O)N(c3ccccc3)C(=O)C21.Cl.Cl.